The average Bonchev–Trinajstić information content (AvgIpc) is 3.10. The summed E-state index contributed by atoms with van der Waals surface area (Å²) < 4.78 is 48.2. The molecular weight excluding hydrogens is 403 g/mol. The van der Waals surface area contributed by atoms with Crippen LogP contribution in [-0.4, -0.2) is 39.0 Å². The first-order valence-electron chi connectivity index (χ1n) is 10.0. The van der Waals surface area contributed by atoms with Gasteiger partial charge in [-0.2, -0.15) is 0 Å². The first-order chi connectivity index (χ1) is 14.3. The fraction of sp³-hybridized carbons (Fsp3) is 0.550. The van der Waals surface area contributed by atoms with E-state index < -0.39 is 12.3 Å². The second-order valence-electron chi connectivity index (χ2n) is 7.86. The van der Waals surface area contributed by atoms with Gasteiger partial charge in [0.15, 0.2) is 0 Å². The maximum Gasteiger partial charge on any atom is 0.573 e. The maximum atomic E-state index is 12.8. The molecule has 30 heavy (non-hydrogen) atoms. The Morgan fingerprint density at radius 2 is 1.83 bits per heavy atom. The Bertz CT molecular complexity index is 903. The molecule has 0 spiro atoms. The molecule has 0 unspecified atom stereocenters. The number of aromatic carboxylic acids is 1. The second-order valence-corrected chi connectivity index (χ2v) is 7.86. The summed E-state index contributed by atoms with van der Waals surface area (Å²) in [5, 5.41) is 18.5. The number of hydrogen-bond donors (Lipinski definition) is 2. The number of carboxylic acids is 1. The third kappa shape index (κ3) is 4.52. The zero-order valence-electron chi connectivity index (χ0n) is 16.1. The highest BCUT2D eigenvalue weighted by atomic mass is 19.4. The number of aromatic amines is 1. The Kier molecular flexibility index (Phi) is 5.57. The summed E-state index contributed by atoms with van der Waals surface area (Å²) in [5.41, 5.74) is 1.48. The van der Waals surface area contributed by atoms with Crippen molar-refractivity contribution in [1.82, 2.24) is 15.4 Å². The van der Waals surface area contributed by atoms with Crippen LogP contribution in [0.25, 0.3) is 0 Å². The lowest BCUT2D eigenvalue weighted by molar-refractivity contribution is -0.275. The highest BCUT2D eigenvalue weighted by molar-refractivity contribution is 5.87. The zero-order valence-corrected chi connectivity index (χ0v) is 16.1. The quantitative estimate of drug-likeness (QED) is 0.692. The van der Waals surface area contributed by atoms with E-state index in [4.69, 9.17) is 9.84 Å². The molecule has 2 aromatic rings. The molecule has 2 aliphatic carbocycles. The lowest BCUT2D eigenvalue weighted by Crippen LogP contribution is -2.24. The van der Waals surface area contributed by atoms with Crippen LogP contribution in [-0.2, 0) is 0 Å². The largest absolute Gasteiger partial charge is 0.573 e. The molecule has 2 fully saturated rings. The van der Waals surface area contributed by atoms with Crippen LogP contribution in [0.2, 0.25) is 0 Å². The monoisotopic (exact) mass is 425 g/mol. The minimum atomic E-state index is -4.70. The molecule has 162 valence electrons. The van der Waals surface area contributed by atoms with Crippen molar-refractivity contribution in [2.75, 3.05) is 0 Å². The number of rotatable bonds is 6. The summed E-state index contributed by atoms with van der Waals surface area (Å²) in [6.07, 6.45) is 0.844. The van der Waals surface area contributed by atoms with Gasteiger partial charge in [-0.05, 0) is 67.6 Å². The summed E-state index contributed by atoms with van der Waals surface area (Å²) in [5.74, 6) is -0.983. The van der Waals surface area contributed by atoms with Crippen LogP contribution in [0.15, 0.2) is 18.2 Å². The molecule has 2 N–H and O–H groups in total. The summed E-state index contributed by atoms with van der Waals surface area (Å²) in [4.78, 5) is 11.1. The fourth-order valence-electron chi connectivity index (χ4n) is 4.19. The number of nitrogens with one attached hydrogen (secondary N) is 1. The molecule has 2 saturated carbocycles. The Labute approximate surface area is 170 Å². The number of ether oxygens (including phenoxy) is 2. The second kappa shape index (κ2) is 8.16. The molecule has 0 amide bonds. The Hall–Kier alpha value is -2.78. The van der Waals surface area contributed by atoms with Crippen molar-refractivity contribution in [3.8, 4) is 11.6 Å². The molecule has 10 heteroatoms. The van der Waals surface area contributed by atoms with Gasteiger partial charge < -0.3 is 14.6 Å². The van der Waals surface area contributed by atoms with E-state index in [9.17, 15) is 18.0 Å². The first kappa shape index (κ1) is 20.5. The predicted molar refractivity (Wildman–Crippen MR) is 98.7 cm³/mol. The van der Waals surface area contributed by atoms with Gasteiger partial charge in [0, 0.05) is 0 Å². The maximum absolute atomic E-state index is 12.8. The molecule has 0 saturated heterocycles. The fourth-order valence-corrected chi connectivity index (χ4v) is 4.19. The number of nitrogens with zero attached hydrogens (tertiary/aromatic N) is 2. The number of hydrogen-bond acceptors (Lipinski definition) is 5. The zero-order chi connectivity index (χ0) is 21.3. The Morgan fingerprint density at radius 1 is 1.10 bits per heavy atom. The molecule has 1 heterocycles. The molecule has 0 atom stereocenters. The van der Waals surface area contributed by atoms with Gasteiger partial charge in [-0.25, -0.2) is 9.89 Å². The molecule has 0 aliphatic heterocycles. The van der Waals surface area contributed by atoms with Gasteiger partial charge in [0.1, 0.15) is 11.9 Å². The van der Waals surface area contributed by atoms with Gasteiger partial charge in [0.05, 0.1) is 0 Å². The molecule has 1 aromatic heterocycles. The van der Waals surface area contributed by atoms with Crippen molar-refractivity contribution < 1.29 is 32.5 Å². The molecular formula is C20H22F3N3O4. The lowest BCUT2D eigenvalue weighted by atomic mass is 9.77. The predicted octanol–water partition coefficient (Wildman–Crippen LogP) is 4.77. The van der Waals surface area contributed by atoms with Crippen LogP contribution in [0, 0.1) is 0 Å². The van der Waals surface area contributed by atoms with Crippen LogP contribution in [0.3, 0.4) is 0 Å². The number of alkyl halides is 3. The summed E-state index contributed by atoms with van der Waals surface area (Å²) in [6, 6.07) is 5.03. The number of H-pyrrole nitrogens is 1. The van der Waals surface area contributed by atoms with Gasteiger partial charge in [-0.3, -0.25) is 0 Å². The SMILES string of the molecule is O=C(O)c1[nH]nnc1OC1CCC(c2ccc(OC(F)(F)F)c(C3CCC3)c2)CC1. The number of halogens is 3. The van der Waals surface area contributed by atoms with E-state index in [1.54, 1.807) is 6.07 Å². The topological polar surface area (TPSA) is 97.3 Å². The molecule has 1 aromatic carbocycles. The first-order valence-corrected chi connectivity index (χ1v) is 10.0. The van der Waals surface area contributed by atoms with E-state index in [2.05, 4.69) is 20.1 Å². The lowest BCUT2D eigenvalue weighted by Gasteiger charge is -2.31. The third-order valence-corrected chi connectivity index (χ3v) is 5.96. The minimum absolute atomic E-state index is 0.0214. The van der Waals surface area contributed by atoms with E-state index in [0.29, 0.717) is 18.4 Å². The van der Waals surface area contributed by atoms with Crippen LogP contribution in [0.5, 0.6) is 11.6 Å². The molecule has 0 bridgehead atoms. The summed E-state index contributed by atoms with van der Waals surface area (Å²) in [7, 11) is 0. The Morgan fingerprint density at radius 3 is 2.43 bits per heavy atom. The van der Waals surface area contributed by atoms with Crippen molar-refractivity contribution in [2.24, 2.45) is 0 Å². The average molecular weight is 425 g/mol. The molecule has 2 aliphatic rings. The van der Waals surface area contributed by atoms with Crippen molar-refractivity contribution in [3.05, 3.63) is 35.0 Å². The number of benzene rings is 1. The van der Waals surface area contributed by atoms with Crippen molar-refractivity contribution >= 4 is 5.97 Å². The van der Waals surface area contributed by atoms with Gasteiger partial charge in [0.25, 0.3) is 5.88 Å². The van der Waals surface area contributed by atoms with E-state index >= 15 is 0 Å². The van der Waals surface area contributed by atoms with Crippen LogP contribution < -0.4 is 9.47 Å². The highest BCUT2D eigenvalue weighted by Crippen LogP contribution is 2.44. The van der Waals surface area contributed by atoms with E-state index in [1.165, 1.54) is 6.07 Å². The third-order valence-electron chi connectivity index (χ3n) is 5.96. The van der Waals surface area contributed by atoms with Gasteiger partial charge in [-0.1, -0.05) is 28.9 Å². The normalized spacial score (nSPS) is 22.4. The standard InChI is InChI=1S/C20H22F3N3O4/c21-20(22,23)30-16-9-6-13(10-15(16)12-2-1-3-12)11-4-7-14(8-5-11)29-18-17(19(27)28)24-26-25-18/h6,9-12,14H,1-5,7-8H2,(H,27,28)(H,24,25,26). The van der Waals surface area contributed by atoms with E-state index in [1.807, 2.05) is 6.07 Å². The van der Waals surface area contributed by atoms with Gasteiger partial charge >= 0.3 is 12.3 Å². The highest BCUT2D eigenvalue weighted by Gasteiger charge is 2.35. The van der Waals surface area contributed by atoms with E-state index in [0.717, 1.165) is 37.7 Å². The van der Waals surface area contributed by atoms with E-state index in [-0.39, 0.29) is 35.3 Å². The summed E-state index contributed by atoms with van der Waals surface area (Å²) >= 11 is 0. The van der Waals surface area contributed by atoms with Gasteiger partial charge in [-0.15, -0.1) is 13.2 Å². The molecule has 7 nitrogen and oxygen atoms in total. The van der Waals surface area contributed by atoms with Crippen LogP contribution in [0.1, 0.15) is 78.4 Å². The number of aromatic nitrogens is 3. The number of carbonyl (C=O) groups is 1. The van der Waals surface area contributed by atoms with Crippen molar-refractivity contribution in [2.45, 2.75) is 69.2 Å². The molecule has 4 rings (SSSR count). The smallest absolute Gasteiger partial charge is 0.476 e. The summed E-state index contributed by atoms with van der Waals surface area (Å²) in [6.45, 7) is 0. The van der Waals surface area contributed by atoms with Crippen LogP contribution >= 0.6 is 0 Å². The molecule has 0 radical (unpaired) electrons. The number of carboxylic acid groups (broad SMARTS) is 1. The minimum Gasteiger partial charge on any atom is -0.476 e. The van der Waals surface area contributed by atoms with Crippen molar-refractivity contribution in [1.29, 1.82) is 0 Å². The van der Waals surface area contributed by atoms with Gasteiger partial charge in [0.2, 0.25) is 5.69 Å². The Balaban J connectivity index is 1.43. The van der Waals surface area contributed by atoms with Crippen molar-refractivity contribution in [3.63, 3.8) is 0 Å². The van der Waals surface area contributed by atoms with Crippen LogP contribution in [0.4, 0.5) is 13.2 Å².